The van der Waals surface area contributed by atoms with Gasteiger partial charge in [-0.2, -0.15) is 0 Å². The van der Waals surface area contributed by atoms with E-state index >= 15 is 0 Å². The first-order chi connectivity index (χ1) is 9.06. The van der Waals surface area contributed by atoms with Crippen molar-refractivity contribution >= 4 is 33.3 Å². The molecule has 1 amide bonds. The smallest absolute Gasteiger partial charge is 0.228 e. The van der Waals surface area contributed by atoms with Crippen molar-refractivity contribution in [2.75, 3.05) is 5.32 Å². The molecule has 3 nitrogen and oxygen atoms in total. The minimum atomic E-state index is 0.000679. The number of hydrogen-bond acceptors (Lipinski definition) is 2. The van der Waals surface area contributed by atoms with Crippen molar-refractivity contribution in [3.63, 3.8) is 0 Å². The predicted octanol–water partition coefficient (Wildman–Crippen LogP) is 3.56. The number of amides is 1. The van der Waals surface area contributed by atoms with Crippen LogP contribution in [0.2, 0.25) is 0 Å². The van der Waals surface area contributed by atoms with Gasteiger partial charge < -0.3 is 5.32 Å². The van der Waals surface area contributed by atoms with Crippen molar-refractivity contribution in [3.05, 3.63) is 27.7 Å². The third-order valence-electron chi connectivity index (χ3n) is 4.28. The average Bonchev–Trinajstić information content (AvgIpc) is 2.92. The van der Waals surface area contributed by atoms with E-state index in [9.17, 15) is 9.59 Å². The van der Waals surface area contributed by atoms with Crippen molar-refractivity contribution in [1.29, 1.82) is 0 Å². The van der Waals surface area contributed by atoms with Crippen LogP contribution in [0.1, 0.15) is 42.1 Å². The van der Waals surface area contributed by atoms with Crippen LogP contribution in [0, 0.1) is 11.8 Å². The molecule has 3 rings (SSSR count). The summed E-state index contributed by atoms with van der Waals surface area (Å²) in [7, 11) is 0. The van der Waals surface area contributed by atoms with Crippen LogP contribution >= 0.6 is 15.9 Å². The summed E-state index contributed by atoms with van der Waals surface area (Å²) in [5.41, 5.74) is 2.49. The third kappa shape index (κ3) is 2.22. The summed E-state index contributed by atoms with van der Waals surface area (Å²) in [6, 6.07) is 3.73. The highest BCUT2D eigenvalue weighted by Crippen LogP contribution is 2.37. The number of fused-ring (bicyclic) bond motifs is 1. The molecule has 1 fully saturated rings. The summed E-state index contributed by atoms with van der Waals surface area (Å²) in [4.78, 5) is 24.0. The number of Topliss-reactive ketones (excluding diaryl/α,β-unsaturated/α-hetero) is 1. The van der Waals surface area contributed by atoms with Crippen LogP contribution in [0.4, 0.5) is 5.69 Å². The van der Waals surface area contributed by atoms with E-state index in [1.807, 2.05) is 12.1 Å². The van der Waals surface area contributed by atoms with E-state index in [-0.39, 0.29) is 17.6 Å². The first-order valence-electron chi connectivity index (χ1n) is 6.72. The first kappa shape index (κ1) is 12.9. The van der Waals surface area contributed by atoms with E-state index in [0.717, 1.165) is 40.5 Å². The SMILES string of the molecule is CC1CCCC1C(=O)c1cc2c(cc1Br)NC(=O)C2. The predicted molar refractivity (Wildman–Crippen MR) is 77.3 cm³/mol. The molecule has 0 aromatic heterocycles. The number of benzene rings is 1. The second kappa shape index (κ2) is 4.75. The Morgan fingerprint density at radius 2 is 2.16 bits per heavy atom. The number of rotatable bonds is 2. The van der Waals surface area contributed by atoms with E-state index in [2.05, 4.69) is 28.2 Å². The molecule has 1 heterocycles. The molecule has 1 aromatic rings. The van der Waals surface area contributed by atoms with Gasteiger partial charge in [-0.05, 0) is 52.4 Å². The zero-order valence-electron chi connectivity index (χ0n) is 10.8. The number of carbonyl (C=O) groups excluding carboxylic acids is 2. The number of anilines is 1. The zero-order valence-corrected chi connectivity index (χ0v) is 12.4. The fourth-order valence-corrected chi connectivity index (χ4v) is 3.71. The maximum atomic E-state index is 12.6. The quantitative estimate of drug-likeness (QED) is 0.846. The first-order valence-corrected chi connectivity index (χ1v) is 7.52. The fraction of sp³-hybridized carbons (Fsp3) is 0.467. The molecule has 2 atom stereocenters. The summed E-state index contributed by atoms with van der Waals surface area (Å²) in [6.45, 7) is 2.15. The molecule has 1 aliphatic heterocycles. The minimum Gasteiger partial charge on any atom is -0.325 e. The van der Waals surface area contributed by atoms with Gasteiger partial charge in [0, 0.05) is 21.6 Å². The Labute approximate surface area is 120 Å². The van der Waals surface area contributed by atoms with Crippen LogP contribution in [0.15, 0.2) is 16.6 Å². The number of halogens is 1. The van der Waals surface area contributed by atoms with Crippen LogP contribution in [-0.2, 0) is 11.2 Å². The highest BCUT2D eigenvalue weighted by molar-refractivity contribution is 9.10. The Morgan fingerprint density at radius 3 is 2.84 bits per heavy atom. The van der Waals surface area contributed by atoms with Crippen molar-refractivity contribution in [2.24, 2.45) is 11.8 Å². The van der Waals surface area contributed by atoms with E-state index in [1.165, 1.54) is 0 Å². The molecule has 1 N–H and O–H groups in total. The summed E-state index contributed by atoms with van der Waals surface area (Å²) >= 11 is 3.47. The van der Waals surface area contributed by atoms with Crippen molar-refractivity contribution in [3.8, 4) is 0 Å². The van der Waals surface area contributed by atoms with Gasteiger partial charge >= 0.3 is 0 Å². The van der Waals surface area contributed by atoms with Crippen molar-refractivity contribution in [1.82, 2.24) is 0 Å². The lowest BCUT2D eigenvalue weighted by atomic mass is 9.89. The molecule has 2 aliphatic rings. The van der Waals surface area contributed by atoms with E-state index < -0.39 is 0 Å². The summed E-state index contributed by atoms with van der Waals surface area (Å²) < 4.78 is 0.789. The standard InChI is InChI=1S/C15H16BrNO2/c1-8-3-2-4-10(8)15(19)11-5-9-6-14(18)17-13(9)7-12(11)16/h5,7-8,10H,2-4,6H2,1H3,(H,17,18). The van der Waals surface area contributed by atoms with Crippen molar-refractivity contribution in [2.45, 2.75) is 32.6 Å². The van der Waals surface area contributed by atoms with Crippen LogP contribution in [0.3, 0.4) is 0 Å². The van der Waals surface area contributed by atoms with Gasteiger partial charge in [0.2, 0.25) is 5.91 Å². The van der Waals surface area contributed by atoms with Crippen molar-refractivity contribution < 1.29 is 9.59 Å². The van der Waals surface area contributed by atoms with Gasteiger partial charge in [-0.3, -0.25) is 9.59 Å². The number of ketones is 1. The van der Waals surface area contributed by atoms with Gasteiger partial charge in [0.1, 0.15) is 0 Å². The molecular weight excluding hydrogens is 306 g/mol. The fourth-order valence-electron chi connectivity index (χ4n) is 3.17. The maximum Gasteiger partial charge on any atom is 0.228 e. The average molecular weight is 322 g/mol. The van der Waals surface area contributed by atoms with Crippen LogP contribution < -0.4 is 5.32 Å². The van der Waals surface area contributed by atoms with Crippen LogP contribution in [0.5, 0.6) is 0 Å². The van der Waals surface area contributed by atoms with Gasteiger partial charge in [-0.25, -0.2) is 0 Å². The molecular formula is C15H16BrNO2. The van der Waals surface area contributed by atoms with Gasteiger partial charge in [0.25, 0.3) is 0 Å². The normalized spacial score (nSPS) is 25.3. The summed E-state index contributed by atoms with van der Waals surface area (Å²) in [6.07, 6.45) is 3.64. The highest BCUT2D eigenvalue weighted by Gasteiger charge is 2.32. The van der Waals surface area contributed by atoms with E-state index in [1.54, 1.807) is 0 Å². The summed E-state index contributed by atoms with van der Waals surface area (Å²) in [5.74, 6) is 0.826. The molecule has 4 heteroatoms. The second-order valence-corrected chi connectivity index (χ2v) is 6.45. The Kier molecular flexibility index (Phi) is 3.21. The molecule has 1 saturated carbocycles. The molecule has 0 spiro atoms. The lowest BCUT2D eigenvalue weighted by Crippen LogP contribution is -2.17. The van der Waals surface area contributed by atoms with Gasteiger partial charge in [0.15, 0.2) is 5.78 Å². The molecule has 0 saturated heterocycles. The highest BCUT2D eigenvalue weighted by atomic mass is 79.9. The maximum absolute atomic E-state index is 12.6. The number of hydrogen-bond donors (Lipinski definition) is 1. The number of carbonyl (C=O) groups is 2. The zero-order chi connectivity index (χ0) is 13.6. The lowest BCUT2D eigenvalue weighted by Gasteiger charge is -2.15. The molecule has 0 bridgehead atoms. The van der Waals surface area contributed by atoms with E-state index in [4.69, 9.17) is 0 Å². The molecule has 0 radical (unpaired) electrons. The Bertz CT molecular complexity index is 568. The summed E-state index contributed by atoms with van der Waals surface area (Å²) in [5, 5.41) is 2.80. The Balaban J connectivity index is 1.95. The Morgan fingerprint density at radius 1 is 1.37 bits per heavy atom. The molecule has 2 unspecified atom stereocenters. The monoisotopic (exact) mass is 321 g/mol. The third-order valence-corrected chi connectivity index (χ3v) is 4.94. The second-order valence-electron chi connectivity index (χ2n) is 5.59. The van der Waals surface area contributed by atoms with Gasteiger partial charge in [0.05, 0.1) is 6.42 Å². The van der Waals surface area contributed by atoms with Crippen LogP contribution in [0.25, 0.3) is 0 Å². The van der Waals surface area contributed by atoms with Crippen LogP contribution in [-0.4, -0.2) is 11.7 Å². The lowest BCUT2D eigenvalue weighted by molar-refractivity contribution is -0.115. The molecule has 19 heavy (non-hydrogen) atoms. The number of nitrogens with one attached hydrogen (secondary N) is 1. The van der Waals surface area contributed by atoms with Gasteiger partial charge in [-0.1, -0.05) is 13.3 Å². The minimum absolute atomic E-state index is 0.000679. The van der Waals surface area contributed by atoms with E-state index in [0.29, 0.717) is 12.3 Å². The Hall–Kier alpha value is -1.16. The van der Waals surface area contributed by atoms with Gasteiger partial charge in [-0.15, -0.1) is 0 Å². The molecule has 1 aliphatic carbocycles. The topological polar surface area (TPSA) is 46.2 Å². The molecule has 1 aromatic carbocycles. The molecule has 100 valence electrons. The largest absolute Gasteiger partial charge is 0.325 e.